The minimum Gasteiger partial charge on any atom is -0.478 e. The van der Waals surface area contributed by atoms with Gasteiger partial charge in [0.1, 0.15) is 12.1 Å². The molecule has 0 aliphatic rings. The molecule has 0 spiro atoms. The van der Waals surface area contributed by atoms with Crippen molar-refractivity contribution < 1.29 is 19.1 Å². The maximum atomic E-state index is 13.5. The number of aromatic nitrogens is 1. The van der Waals surface area contributed by atoms with Crippen molar-refractivity contribution in [3.63, 3.8) is 0 Å². The molecule has 5 heteroatoms. The number of rotatable bonds is 4. The van der Waals surface area contributed by atoms with Gasteiger partial charge in [0.15, 0.2) is 0 Å². The van der Waals surface area contributed by atoms with Crippen molar-refractivity contribution in [2.45, 2.75) is 0 Å². The van der Waals surface area contributed by atoms with Gasteiger partial charge in [-0.25, -0.2) is 14.2 Å². The smallest absolute Gasteiger partial charge is 0.336 e. The predicted octanol–water partition coefficient (Wildman–Crippen LogP) is 5.22. The molecule has 0 aliphatic heterocycles. The number of carboxylic acid groups (broad SMARTS) is 1. The normalized spacial score (nSPS) is 10.8. The van der Waals surface area contributed by atoms with E-state index in [1.54, 1.807) is 12.1 Å². The summed E-state index contributed by atoms with van der Waals surface area (Å²) in [5.74, 6) is -1.64. The Morgan fingerprint density at radius 1 is 0.857 bits per heavy atom. The van der Waals surface area contributed by atoms with Crippen LogP contribution in [0.2, 0.25) is 0 Å². The molecule has 0 unspecified atom stereocenters. The molecule has 0 saturated heterocycles. The fraction of sp³-hybridized carbons (Fsp3) is 0. The van der Waals surface area contributed by atoms with Crippen LogP contribution in [0.4, 0.5) is 4.39 Å². The largest absolute Gasteiger partial charge is 0.478 e. The van der Waals surface area contributed by atoms with E-state index in [1.807, 2.05) is 36.4 Å². The molecular weight excluding hydrogens is 357 g/mol. The first-order valence-electron chi connectivity index (χ1n) is 8.55. The van der Waals surface area contributed by atoms with E-state index in [9.17, 15) is 19.1 Å². The summed E-state index contributed by atoms with van der Waals surface area (Å²) >= 11 is 0. The van der Waals surface area contributed by atoms with E-state index in [-0.39, 0.29) is 10.9 Å². The van der Waals surface area contributed by atoms with Gasteiger partial charge in [-0.05, 0) is 35.4 Å². The fourth-order valence-corrected chi connectivity index (χ4v) is 3.11. The number of carbonyl (C=O) groups excluding carboxylic acids is 1. The van der Waals surface area contributed by atoms with Gasteiger partial charge in [-0.2, -0.15) is 0 Å². The van der Waals surface area contributed by atoms with Gasteiger partial charge in [0.25, 0.3) is 0 Å². The van der Waals surface area contributed by atoms with Gasteiger partial charge in [0, 0.05) is 16.5 Å². The minimum absolute atomic E-state index is 0.00743. The number of nitrogens with zero attached hydrogens (tertiary/aromatic N) is 1. The SMILES string of the molecule is O=Cc1ccc(-c2ccc(-c3cc(C(=O)O)c4cc(F)ccc4n3)cc2)cc1. The van der Waals surface area contributed by atoms with Gasteiger partial charge in [0.05, 0.1) is 16.8 Å². The maximum absolute atomic E-state index is 13.5. The average molecular weight is 371 g/mol. The van der Waals surface area contributed by atoms with Gasteiger partial charge in [-0.3, -0.25) is 4.79 Å². The van der Waals surface area contributed by atoms with Gasteiger partial charge in [-0.1, -0.05) is 48.5 Å². The van der Waals surface area contributed by atoms with Crippen LogP contribution in [0.15, 0.2) is 72.8 Å². The van der Waals surface area contributed by atoms with Crippen molar-refractivity contribution in [3.05, 3.63) is 89.7 Å². The van der Waals surface area contributed by atoms with Gasteiger partial charge >= 0.3 is 5.97 Å². The Kier molecular flexibility index (Phi) is 4.41. The average Bonchev–Trinajstić information content (AvgIpc) is 2.73. The summed E-state index contributed by atoms with van der Waals surface area (Å²) in [5.41, 5.74) is 4.21. The first kappa shape index (κ1) is 17.5. The summed E-state index contributed by atoms with van der Waals surface area (Å²) in [6, 6.07) is 20.1. The second kappa shape index (κ2) is 7.04. The number of aldehydes is 1. The van der Waals surface area contributed by atoms with Gasteiger partial charge in [0.2, 0.25) is 0 Å². The number of carboxylic acids is 1. The third kappa shape index (κ3) is 3.25. The zero-order valence-corrected chi connectivity index (χ0v) is 14.6. The Labute approximate surface area is 159 Å². The molecule has 0 fully saturated rings. The summed E-state index contributed by atoms with van der Waals surface area (Å²) in [4.78, 5) is 26.9. The molecule has 0 aliphatic carbocycles. The van der Waals surface area contributed by atoms with E-state index < -0.39 is 11.8 Å². The van der Waals surface area contributed by atoms with E-state index in [1.165, 1.54) is 24.3 Å². The van der Waals surface area contributed by atoms with Crippen molar-refractivity contribution in [1.82, 2.24) is 4.98 Å². The second-order valence-corrected chi connectivity index (χ2v) is 6.34. The fourth-order valence-electron chi connectivity index (χ4n) is 3.11. The molecule has 4 aromatic rings. The standard InChI is InChI=1S/C23H14FNO3/c24-18-9-10-21-19(11-18)20(23(27)28)12-22(25-21)17-7-5-16(6-8-17)15-3-1-14(13-26)2-4-15/h1-13H,(H,27,28). The molecule has 1 N–H and O–H groups in total. The zero-order valence-electron chi connectivity index (χ0n) is 14.6. The number of benzene rings is 3. The molecule has 3 aromatic carbocycles. The van der Waals surface area contributed by atoms with Crippen LogP contribution < -0.4 is 0 Å². The van der Waals surface area contributed by atoms with E-state index in [0.29, 0.717) is 16.8 Å². The number of carbonyl (C=O) groups is 2. The second-order valence-electron chi connectivity index (χ2n) is 6.34. The first-order valence-corrected chi connectivity index (χ1v) is 8.55. The molecule has 1 heterocycles. The van der Waals surface area contributed by atoms with Crippen LogP contribution in [-0.4, -0.2) is 22.3 Å². The Hall–Kier alpha value is -3.86. The molecule has 0 amide bonds. The van der Waals surface area contributed by atoms with Gasteiger partial charge < -0.3 is 5.11 Å². The van der Waals surface area contributed by atoms with Crippen molar-refractivity contribution in [2.75, 3.05) is 0 Å². The lowest BCUT2D eigenvalue weighted by Crippen LogP contribution is -2.00. The van der Waals surface area contributed by atoms with Crippen LogP contribution in [0.1, 0.15) is 20.7 Å². The first-order chi connectivity index (χ1) is 13.5. The monoisotopic (exact) mass is 371 g/mol. The van der Waals surface area contributed by atoms with Crippen LogP contribution in [0.25, 0.3) is 33.3 Å². The number of pyridine rings is 1. The Bertz CT molecular complexity index is 1200. The quantitative estimate of drug-likeness (QED) is 0.500. The van der Waals surface area contributed by atoms with E-state index in [4.69, 9.17) is 0 Å². The molecule has 0 saturated carbocycles. The molecule has 136 valence electrons. The summed E-state index contributed by atoms with van der Waals surface area (Å²) in [6.07, 6.45) is 0.796. The molecular formula is C23H14FNO3. The van der Waals surface area contributed by atoms with Gasteiger partial charge in [-0.15, -0.1) is 0 Å². The summed E-state index contributed by atoms with van der Waals surface area (Å²) in [7, 11) is 0. The summed E-state index contributed by atoms with van der Waals surface area (Å²) < 4.78 is 13.5. The highest BCUT2D eigenvalue weighted by molar-refractivity contribution is 6.03. The Balaban J connectivity index is 1.76. The van der Waals surface area contributed by atoms with Crippen LogP contribution >= 0.6 is 0 Å². The third-order valence-electron chi connectivity index (χ3n) is 4.56. The van der Waals surface area contributed by atoms with Crippen molar-refractivity contribution in [2.24, 2.45) is 0 Å². The molecule has 0 atom stereocenters. The van der Waals surface area contributed by atoms with Crippen LogP contribution in [0.3, 0.4) is 0 Å². The van der Waals surface area contributed by atoms with Crippen LogP contribution in [0, 0.1) is 5.82 Å². The molecule has 1 aromatic heterocycles. The van der Waals surface area contributed by atoms with Crippen LogP contribution in [0.5, 0.6) is 0 Å². The van der Waals surface area contributed by atoms with Crippen LogP contribution in [-0.2, 0) is 0 Å². The lowest BCUT2D eigenvalue weighted by Gasteiger charge is -2.08. The number of aromatic carboxylic acids is 1. The molecule has 0 bridgehead atoms. The Morgan fingerprint density at radius 3 is 2.07 bits per heavy atom. The maximum Gasteiger partial charge on any atom is 0.336 e. The highest BCUT2D eigenvalue weighted by Crippen LogP contribution is 2.28. The molecule has 0 radical (unpaired) electrons. The lowest BCUT2D eigenvalue weighted by atomic mass is 10.00. The van der Waals surface area contributed by atoms with Crippen molar-refractivity contribution >= 4 is 23.2 Å². The van der Waals surface area contributed by atoms with E-state index in [0.717, 1.165) is 23.0 Å². The van der Waals surface area contributed by atoms with E-state index in [2.05, 4.69) is 4.98 Å². The van der Waals surface area contributed by atoms with Crippen molar-refractivity contribution in [1.29, 1.82) is 0 Å². The molecule has 4 rings (SSSR count). The van der Waals surface area contributed by atoms with E-state index >= 15 is 0 Å². The molecule has 28 heavy (non-hydrogen) atoms. The van der Waals surface area contributed by atoms with Crippen molar-refractivity contribution in [3.8, 4) is 22.4 Å². The summed E-state index contributed by atoms with van der Waals surface area (Å²) in [5, 5.41) is 9.77. The number of hydrogen-bond donors (Lipinski definition) is 1. The topological polar surface area (TPSA) is 67.3 Å². The number of fused-ring (bicyclic) bond motifs is 1. The Morgan fingerprint density at radius 2 is 1.46 bits per heavy atom. The highest BCUT2D eigenvalue weighted by Gasteiger charge is 2.14. The lowest BCUT2D eigenvalue weighted by molar-refractivity contribution is 0.0699. The number of halogens is 1. The molecule has 4 nitrogen and oxygen atoms in total. The predicted molar refractivity (Wildman–Crippen MR) is 105 cm³/mol. The minimum atomic E-state index is -1.13. The zero-order chi connectivity index (χ0) is 19.7. The highest BCUT2D eigenvalue weighted by atomic mass is 19.1. The third-order valence-corrected chi connectivity index (χ3v) is 4.56. The number of hydrogen-bond acceptors (Lipinski definition) is 3. The summed E-state index contributed by atoms with van der Waals surface area (Å²) in [6.45, 7) is 0.